The molecule has 3 rings (SSSR count). The van der Waals surface area contributed by atoms with Crippen molar-refractivity contribution >= 4 is 5.82 Å². The van der Waals surface area contributed by atoms with E-state index >= 15 is 0 Å². The molecule has 1 fully saturated rings. The SMILES string of the molecule is CCc1cc(N[C@@H](c2nc(C3CC3)no2)C(C)C)ncn1. The van der Waals surface area contributed by atoms with Gasteiger partial charge in [-0.05, 0) is 25.2 Å². The van der Waals surface area contributed by atoms with E-state index in [2.05, 4.69) is 46.2 Å². The molecule has 112 valence electrons. The highest BCUT2D eigenvalue weighted by atomic mass is 16.5. The molecule has 1 atom stereocenters. The maximum absolute atomic E-state index is 5.45. The molecule has 2 aromatic rings. The zero-order chi connectivity index (χ0) is 14.8. The first-order valence-electron chi connectivity index (χ1n) is 7.58. The Hall–Kier alpha value is -1.98. The Morgan fingerprint density at radius 2 is 2.14 bits per heavy atom. The third-order valence-electron chi connectivity index (χ3n) is 3.72. The Bertz CT molecular complexity index is 606. The first kappa shape index (κ1) is 14.0. The van der Waals surface area contributed by atoms with E-state index in [0.717, 1.165) is 23.8 Å². The molecule has 1 saturated carbocycles. The molecule has 21 heavy (non-hydrogen) atoms. The number of hydrogen-bond donors (Lipinski definition) is 1. The lowest BCUT2D eigenvalue weighted by Crippen LogP contribution is -2.18. The molecule has 0 aromatic carbocycles. The van der Waals surface area contributed by atoms with E-state index in [4.69, 9.17) is 4.52 Å². The molecule has 1 aliphatic rings. The summed E-state index contributed by atoms with van der Waals surface area (Å²) in [6.07, 6.45) is 4.81. The maximum atomic E-state index is 5.45. The molecule has 0 saturated heterocycles. The van der Waals surface area contributed by atoms with Gasteiger partial charge in [-0.1, -0.05) is 25.9 Å². The van der Waals surface area contributed by atoms with Gasteiger partial charge >= 0.3 is 0 Å². The third-order valence-corrected chi connectivity index (χ3v) is 3.72. The van der Waals surface area contributed by atoms with Crippen LogP contribution in [0.2, 0.25) is 0 Å². The maximum Gasteiger partial charge on any atom is 0.249 e. The first-order valence-corrected chi connectivity index (χ1v) is 7.58. The normalized spacial score (nSPS) is 16.2. The summed E-state index contributed by atoms with van der Waals surface area (Å²) in [4.78, 5) is 13.0. The van der Waals surface area contributed by atoms with E-state index in [0.29, 0.717) is 17.7 Å². The molecule has 6 nitrogen and oxygen atoms in total. The topological polar surface area (TPSA) is 76.7 Å². The molecule has 2 heterocycles. The minimum Gasteiger partial charge on any atom is -0.358 e. The standard InChI is InChI=1S/C15H21N5O/c1-4-11-7-12(17-8-16-11)18-13(9(2)3)15-19-14(20-21-15)10-5-6-10/h7-10,13H,4-6H2,1-3H3,(H,16,17,18)/t13-/m1/s1. The molecule has 0 radical (unpaired) electrons. The summed E-state index contributed by atoms with van der Waals surface area (Å²) in [7, 11) is 0. The fourth-order valence-electron chi connectivity index (χ4n) is 2.22. The lowest BCUT2D eigenvalue weighted by Gasteiger charge is -2.19. The number of rotatable bonds is 6. The molecule has 0 spiro atoms. The average Bonchev–Trinajstić information content (AvgIpc) is 3.23. The highest BCUT2D eigenvalue weighted by Gasteiger charge is 2.31. The zero-order valence-corrected chi connectivity index (χ0v) is 12.7. The Balaban J connectivity index is 1.79. The largest absolute Gasteiger partial charge is 0.358 e. The van der Waals surface area contributed by atoms with E-state index in [9.17, 15) is 0 Å². The van der Waals surface area contributed by atoms with Crippen LogP contribution < -0.4 is 5.32 Å². The second-order valence-corrected chi connectivity index (χ2v) is 5.88. The van der Waals surface area contributed by atoms with Crippen molar-refractivity contribution in [1.29, 1.82) is 0 Å². The third kappa shape index (κ3) is 3.20. The molecule has 6 heteroatoms. The van der Waals surface area contributed by atoms with E-state index in [1.165, 1.54) is 12.8 Å². The summed E-state index contributed by atoms with van der Waals surface area (Å²) in [5.74, 6) is 3.10. The highest BCUT2D eigenvalue weighted by Crippen LogP contribution is 2.39. The van der Waals surface area contributed by atoms with Gasteiger partial charge in [-0.15, -0.1) is 0 Å². The van der Waals surface area contributed by atoms with E-state index in [-0.39, 0.29) is 6.04 Å². The summed E-state index contributed by atoms with van der Waals surface area (Å²) in [5, 5.41) is 7.49. The van der Waals surface area contributed by atoms with Crippen LogP contribution in [0.4, 0.5) is 5.82 Å². The molecule has 1 aliphatic carbocycles. The highest BCUT2D eigenvalue weighted by molar-refractivity contribution is 5.37. The fourth-order valence-corrected chi connectivity index (χ4v) is 2.22. The van der Waals surface area contributed by atoms with E-state index < -0.39 is 0 Å². The van der Waals surface area contributed by atoms with Crippen molar-refractivity contribution in [3.8, 4) is 0 Å². The van der Waals surface area contributed by atoms with Crippen LogP contribution in [0.5, 0.6) is 0 Å². The predicted molar refractivity (Wildman–Crippen MR) is 78.9 cm³/mol. The van der Waals surface area contributed by atoms with Gasteiger partial charge in [-0.3, -0.25) is 0 Å². The molecular formula is C15H21N5O. The van der Waals surface area contributed by atoms with Crippen LogP contribution in [0, 0.1) is 5.92 Å². The van der Waals surface area contributed by atoms with Crippen molar-refractivity contribution in [3.05, 3.63) is 29.8 Å². The van der Waals surface area contributed by atoms with Gasteiger partial charge in [0, 0.05) is 17.7 Å². The van der Waals surface area contributed by atoms with Gasteiger partial charge in [0.15, 0.2) is 5.82 Å². The minimum absolute atomic E-state index is 0.0374. The van der Waals surface area contributed by atoms with Crippen LogP contribution >= 0.6 is 0 Å². The van der Waals surface area contributed by atoms with Crippen LogP contribution in [0.1, 0.15) is 63.0 Å². The van der Waals surface area contributed by atoms with Gasteiger partial charge in [0.2, 0.25) is 5.89 Å². The summed E-state index contributed by atoms with van der Waals surface area (Å²) in [6.45, 7) is 6.33. The fraction of sp³-hybridized carbons (Fsp3) is 0.600. The van der Waals surface area contributed by atoms with Crippen LogP contribution in [-0.4, -0.2) is 20.1 Å². The number of aromatic nitrogens is 4. The van der Waals surface area contributed by atoms with Crippen molar-refractivity contribution in [1.82, 2.24) is 20.1 Å². The van der Waals surface area contributed by atoms with Crippen LogP contribution in [-0.2, 0) is 6.42 Å². The van der Waals surface area contributed by atoms with Crippen molar-refractivity contribution in [2.75, 3.05) is 5.32 Å². The molecule has 1 N–H and O–H groups in total. The molecule has 0 aliphatic heterocycles. The Morgan fingerprint density at radius 3 is 2.81 bits per heavy atom. The number of anilines is 1. The van der Waals surface area contributed by atoms with Crippen LogP contribution in [0.15, 0.2) is 16.9 Å². The second kappa shape index (κ2) is 5.79. The molecule has 2 aromatic heterocycles. The van der Waals surface area contributed by atoms with Gasteiger partial charge in [0.05, 0.1) is 0 Å². The quantitative estimate of drug-likeness (QED) is 0.879. The Morgan fingerprint density at radius 1 is 1.33 bits per heavy atom. The van der Waals surface area contributed by atoms with E-state index in [1.807, 2.05) is 6.07 Å². The van der Waals surface area contributed by atoms with Gasteiger partial charge in [-0.2, -0.15) is 4.98 Å². The molecular weight excluding hydrogens is 266 g/mol. The summed E-state index contributed by atoms with van der Waals surface area (Å²) >= 11 is 0. The second-order valence-electron chi connectivity index (χ2n) is 5.88. The average molecular weight is 287 g/mol. The van der Waals surface area contributed by atoms with Gasteiger partial charge in [0.25, 0.3) is 0 Å². The van der Waals surface area contributed by atoms with Crippen molar-refractivity contribution < 1.29 is 4.52 Å². The van der Waals surface area contributed by atoms with Crippen molar-refractivity contribution in [2.24, 2.45) is 5.92 Å². The number of hydrogen-bond acceptors (Lipinski definition) is 6. The molecule has 0 bridgehead atoms. The van der Waals surface area contributed by atoms with Crippen LogP contribution in [0.3, 0.4) is 0 Å². The number of aryl methyl sites for hydroxylation is 1. The van der Waals surface area contributed by atoms with Gasteiger partial charge in [0.1, 0.15) is 18.2 Å². The smallest absolute Gasteiger partial charge is 0.249 e. The summed E-state index contributed by atoms with van der Waals surface area (Å²) in [5.41, 5.74) is 1.01. The summed E-state index contributed by atoms with van der Waals surface area (Å²) < 4.78 is 5.45. The lowest BCUT2D eigenvalue weighted by molar-refractivity contribution is 0.332. The first-order chi connectivity index (χ1) is 10.2. The number of nitrogens with one attached hydrogen (secondary N) is 1. The lowest BCUT2D eigenvalue weighted by atomic mass is 10.0. The number of nitrogens with zero attached hydrogens (tertiary/aromatic N) is 4. The van der Waals surface area contributed by atoms with Gasteiger partial charge < -0.3 is 9.84 Å². The van der Waals surface area contributed by atoms with Crippen molar-refractivity contribution in [2.45, 2.75) is 52.0 Å². The van der Waals surface area contributed by atoms with Gasteiger partial charge in [-0.25, -0.2) is 9.97 Å². The molecule has 0 unspecified atom stereocenters. The Labute approximate surface area is 124 Å². The van der Waals surface area contributed by atoms with Crippen LogP contribution in [0.25, 0.3) is 0 Å². The minimum atomic E-state index is -0.0374. The zero-order valence-electron chi connectivity index (χ0n) is 12.7. The van der Waals surface area contributed by atoms with E-state index in [1.54, 1.807) is 6.33 Å². The summed E-state index contributed by atoms with van der Waals surface area (Å²) in [6, 6.07) is 1.93. The molecule has 0 amide bonds. The predicted octanol–water partition coefficient (Wildman–Crippen LogP) is 3.11. The Kier molecular flexibility index (Phi) is 3.86. The van der Waals surface area contributed by atoms with Crippen molar-refractivity contribution in [3.63, 3.8) is 0 Å². The monoisotopic (exact) mass is 287 g/mol.